The SMILES string of the molecule is CCCNC(CCC(C)(C)OC)C(C)(C)N1CCCC1. The highest BCUT2D eigenvalue weighted by molar-refractivity contribution is 4.96. The summed E-state index contributed by atoms with van der Waals surface area (Å²) in [6, 6.07) is 0.537. The average Bonchev–Trinajstić information content (AvgIpc) is 2.93. The first-order valence-corrected chi connectivity index (χ1v) is 8.37. The van der Waals surface area contributed by atoms with E-state index in [0.29, 0.717) is 6.04 Å². The number of nitrogens with one attached hydrogen (secondary N) is 1. The van der Waals surface area contributed by atoms with Gasteiger partial charge in [0.15, 0.2) is 0 Å². The van der Waals surface area contributed by atoms with Gasteiger partial charge in [0, 0.05) is 18.7 Å². The lowest BCUT2D eigenvalue weighted by Gasteiger charge is -2.43. The molecule has 1 saturated heterocycles. The molecular weight excluding hydrogens is 248 g/mol. The van der Waals surface area contributed by atoms with Crippen molar-refractivity contribution in [2.75, 3.05) is 26.7 Å². The van der Waals surface area contributed by atoms with Gasteiger partial charge in [-0.3, -0.25) is 4.90 Å². The molecule has 1 rings (SSSR count). The van der Waals surface area contributed by atoms with E-state index in [-0.39, 0.29) is 11.1 Å². The van der Waals surface area contributed by atoms with Gasteiger partial charge < -0.3 is 10.1 Å². The molecule has 1 N–H and O–H groups in total. The van der Waals surface area contributed by atoms with Crippen LogP contribution < -0.4 is 5.32 Å². The summed E-state index contributed by atoms with van der Waals surface area (Å²) >= 11 is 0. The summed E-state index contributed by atoms with van der Waals surface area (Å²) < 4.78 is 5.59. The fourth-order valence-corrected chi connectivity index (χ4v) is 3.13. The highest BCUT2D eigenvalue weighted by Gasteiger charge is 2.37. The Labute approximate surface area is 126 Å². The third-order valence-corrected chi connectivity index (χ3v) is 5.00. The summed E-state index contributed by atoms with van der Waals surface area (Å²) in [5.74, 6) is 0. The maximum atomic E-state index is 5.59. The Kier molecular flexibility index (Phi) is 6.96. The molecule has 1 heterocycles. The first-order chi connectivity index (χ1) is 9.33. The first-order valence-electron chi connectivity index (χ1n) is 8.37. The monoisotopic (exact) mass is 284 g/mol. The average molecular weight is 284 g/mol. The maximum absolute atomic E-state index is 5.59. The van der Waals surface area contributed by atoms with Crippen LogP contribution in [0.25, 0.3) is 0 Å². The summed E-state index contributed by atoms with van der Waals surface area (Å²) in [7, 11) is 1.82. The second-order valence-electron chi connectivity index (χ2n) is 7.36. The van der Waals surface area contributed by atoms with Crippen molar-refractivity contribution in [3.05, 3.63) is 0 Å². The lowest BCUT2D eigenvalue weighted by molar-refractivity contribution is 0.00458. The van der Waals surface area contributed by atoms with Crippen LogP contribution in [0.1, 0.15) is 66.7 Å². The van der Waals surface area contributed by atoms with Crippen LogP contribution in [-0.2, 0) is 4.74 Å². The number of hydrogen-bond acceptors (Lipinski definition) is 3. The predicted octanol–water partition coefficient (Wildman–Crippen LogP) is 3.43. The van der Waals surface area contributed by atoms with Gasteiger partial charge in [-0.2, -0.15) is 0 Å². The number of ether oxygens (including phenoxy) is 1. The molecule has 0 saturated carbocycles. The molecule has 0 aromatic carbocycles. The van der Waals surface area contributed by atoms with E-state index >= 15 is 0 Å². The minimum atomic E-state index is -0.0206. The first kappa shape index (κ1) is 17.9. The second-order valence-corrected chi connectivity index (χ2v) is 7.36. The molecule has 120 valence electrons. The Morgan fingerprint density at radius 1 is 1.15 bits per heavy atom. The van der Waals surface area contributed by atoms with Gasteiger partial charge >= 0.3 is 0 Å². The molecular formula is C17H36N2O. The van der Waals surface area contributed by atoms with E-state index in [0.717, 1.165) is 13.0 Å². The zero-order chi connectivity index (χ0) is 15.2. The van der Waals surface area contributed by atoms with Gasteiger partial charge in [0.2, 0.25) is 0 Å². The zero-order valence-electron chi connectivity index (χ0n) is 14.6. The standard InChI is InChI=1S/C17H36N2O/c1-7-12-18-15(10-11-16(2,3)20-6)17(4,5)19-13-8-9-14-19/h15,18H,7-14H2,1-6H3. The summed E-state index contributed by atoms with van der Waals surface area (Å²) in [6.07, 6.45) is 6.17. The molecule has 1 unspecified atom stereocenters. The Balaban J connectivity index is 2.66. The summed E-state index contributed by atoms with van der Waals surface area (Å²) in [5, 5.41) is 3.79. The van der Waals surface area contributed by atoms with Crippen molar-refractivity contribution in [2.45, 2.75) is 83.9 Å². The van der Waals surface area contributed by atoms with Gasteiger partial charge in [-0.1, -0.05) is 6.92 Å². The van der Waals surface area contributed by atoms with E-state index in [9.17, 15) is 0 Å². The molecule has 0 amide bonds. The molecule has 0 bridgehead atoms. The van der Waals surface area contributed by atoms with E-state index in [2.05, 4.69) is 44.8 Å². The van der Waals surface area contributed by atoms with Gasteiger partial charge in [0.05, 0.1) is 5.60 Å². The zero-order valence-corrected chi connectivity index (χ0v) is 14.6. The van der Waals surface area contributed by atoms with Crippen molar-refractivity contribution in [1.82, 2.24) is 10.2 Å². The fourth-order valence-electron chi connectivity index (χ4n) is 3.13. The van der Waals surface area contributed by atoms with Gasteiger partial charge in [-0.05, 0) is 79.4 Å². The van der Waals surface area contributed by atoms with E-state index in [1.807, 2.05) is 7.11 Å². The number of rotatable bonds is 9. The third kappa shape index (κ3) is 5.01. The quantitative estimate of drug-likeness (QED) is 0.702. The molecule has 0 aromatic rings. The highest BCUT2D eigenvalue weighted by atomic mass is 16.5. The maximum Gasteiger partial charge on any atom is 0.0623 e. The summed E-state index contributed by atoms with van der Waals surface area (Å²) in [6.45, 7) is 15.0. The number of methoxy groups -OCH3 is 1. The molecule has 0 spiro atoms. The minimum Gasteiger partial charge on any atom is -0.379 e. The van der Waals surface area contributed by atoms with Crippen LogP contribution >= 0.6 is 0 Å². The van der Waals surface area contributed by atoms with Crippen LogP contribution in [0.5, 0.6) is 0 Å². The van der Waals surface area contributed by atoms with Crippen LogP contribution in [0, 0.1) is 0 Å². The molecule has 1 aliphatic heterocycles. The van der Waals surface area contributed by atoms with Crippen LogP contribution in [0.3, 0.4) is 0 Å². The lowest BCUT2D eigenvalue weighted by Crippen LogP contribution is -2.57. The Morgan fingerprint density at radius 2 is 1.75 bits per heavy atom. The lowest BCUT2D eigenvalue weighted by atomic mass is 9.86. The van der Waals surface area contributed by atoms with E-state index in [4.69, 9.17) is 4.74 Å². The van der Waals surface area contributed by atoms with Gasteiger partial charge in [-0.15, -0.1) is 0 Å². The van der Waals surface area contributed by atoms with E-state index in [1.54, 1.807) is 0 Å². The summed E-state index contributed by atoms with van der Waals surface area (Å²) in [5.41, 5.74) is 0.211. The molecule has 0 radical (unpaired) electrons. The third-order valence-electron chi connectivity index (χ3n) is 5.00. The van der Waals surface area contributed by atoms with Crippen molar-refractivity contribution < 1.29 is 4.74 Å². The van der Waals surface area contributed by atoms with Crippen LogP contribution in [0.15, 0.2) is 0 Å². The molecule has 1 fully saturated rings. The largest absolute Gasteiger partial charge is 0.379 e. The van der Waals surface area contributed by atoms with Crippen molar-refractivity contribution in [3.8, 4) is 0 Å². The van der Waals surface area contributed by atoms with Crippen LogP contribution in [0.4, 0.5) is 0 Å². The van der Waals surface area contributed by atoms with E-state index < -0.39 is 0 Å². The molecule has 20 heavy (non-hydrogen) atoms. The summed E-state index contributed by atoms with van der Waals surface area (Å²) in [4.78, 5) is 2.67. The molecule has 1 aliphatic rings. The van der Waals surface area contributed by atoms with Gasteiger partial charge in [0.1, 0.15) is 0 Å². The molecule has 1 atom stereocenters. The molecule has 3 heteroatoms. The highest BCUT2D eigenvalue weighted by Crippen LogP contribution is 2.28. The van der Waals surface area contributed by atoms with Crippen LogP contribution in [-0.4, -0.2) is 48.8 Å². The number of likely N-dealkylation sites (tertiary alicyclic amines) is 1. The smallest absolute Gasteiger partial charge is 0.0623 e. The van der Waals surface area contributed by atoms with Crippen molar-refractivity contribution in [3.63, 3.8) is 0 Å². The second kappa shape index (κ2) is 7.77. The van der Waals surface area contributed by atoms with E-state index in [1.165, 1.54) is 38.8 Å². The molecule has 0 aliphatic carbocycles. The Hall–Kier alpha value is -0.120. The Morgan fingerprint density at radius 3 is 2.25 bits per heavy atom. The minimum absolute atomic E-state index is 0.0206. The Bertz CT molecular complexity index is 270. The normalized spacial score (nSPS) is 19.5. The molecule has 0 aromatic heterocycles. The van der Waals surface area contributed by atoms with Crippen LogP contribution in [0.2, 0.25) is 0 Å². The van der Waals surface area contributed by atoms with Gasteiger partial charge in [-0.25, -0.2) is 0 Å². The van der Waals surface area contributed by atoms with Crippen molar-refractivity contribution in [2.24, 2.45) is 0 Å². The predicted molar refractivity (Wildman–Crippen MR) is 87.3 cm³/mol. The van der Waals surface area contributed by atoms with Crippen molar-refractivity contribution in [1.29, 1.82) is 0 Å². The number of nitrogens with zero attached hydrogens (tertiary/aromatic N) is 1. The topological polar surface area (TPSA) is 24.5 Å². The number of hydrogen-bond donors (Lipinski definition) is 1. The fraction of sp³-hybridized carbons (Fsp3) is 1.00. The molecule has 3 nitrogen and oxygen atoms in total. The van der Waals surface area contributed by atoms with Crippen molar-refractivity contribution >= 4 is 0 Å². The van der Waals surface area contributed by atoms with Gasteiger partial charge in [0.25, 0.3) is 0 Å².